The summed E-state index contributed by atoms with van der Waals surface area (Å²) >= 11 is 0. The number of fused-ring (bicyclic) bond motifs is 1. The van der Waals surface area contributed by atoms with Crippen LogP contribution in [0.2, 0.25) is 0 Å². The molecule has 0 unspecified atom stereocenters. The smallest absolute Gasteiger partial charge is 0.251 e. The minimum Gasteiger partial charge on any atom is -0.359 e. The molecule has 2 aromatic carbocycles. The molecule has 3 aromatic rings. The largest absolute Gasteiger partial charge is 0.359 e. The van der Waals surface area contributed by atoms with Crippen LogP contribution in [0, 0.1) is 18.8 Å². The zero-order valence-electron chi connectivity index (χ0n) is 17.5. The molecule has 0 spiro atoms. The van der Waals surface area contributed by atoms with E-state index in [9.17, 15) is 9.59 Å². The van der Waals surface area contributed by atoms with E-state index in [1.54, 1.807) is 7.05 Å². The maximum Gasteiger partial charge on any atom is 0.251 e. The van der Waals surface area contributed by atoms with Gasteiger partial charge in [-0.15, -0.1) is 0 Å². The zero-order chi connectivity index (χ0) is 21.1. The summed E-state index contributed by atoms with van der Waals surface area (Å²) in [4.78, 5) is 24.4. The van der Waals surface area contributed by atoms with Gasteiger partial charge in [-0.1, -0.05) is 18.2 Å². The third-order valence-electron chi connectivity index (χ3n) is 6.26. The molecule has 2 amide bonds. The molecule has 6 heteroatoms. The minimum atomic E-state index is -0.0416. The maximum absolute atomic E-state index is 12.7. The van der Waals surface area contributed by atoms with Crippen LogP contribution >= 0.6 is 0 Å². The fourth-order valence-electron chi connectivity index (χ4n) is 4.37. The second kappa shape index (κ2) is 8.69. The molecule has 0 atom stereocenters. The summed E-state index contributed by atoms with van der Waals surface area (Å²) < 4.78 is 0. The van der Waals surface area contributed by atoms with Crippen LogP contribution in [0.5, 0.6) is 0 Å². The molecule has 1 aliphatic carbocycles. The van der Waals surface area contributed by atoms with Gasteiger partial charge in [-0.3, -0.25) is 14.7 Å². The number of hydrogen-bond donors (Lipinski definition) is 3. The lowest BCUT2D eigenvalue weighted by Crippen LogP contribution is -2.34. The van der Waals surface area contributed by atoms with E-state index in [1.165, 1.54) is 0 Å². The van der Waals surface area contributed by atoms with Crippen molar-refractivity contribution in [1.29, 1.82) is 0 Å². The highest BCUT2D eigenvalue weighted by molar-refractivity contribution is 5.99. The highest BCUT2D eigenvalue weighted by atomic mass is 16.2. The Balaban J connectivity index is 1.38. The number of carbonyl (C=O) groups is 2. The van der Waals surface area contributed by atoms with Crippen molar-refractivity contribution in [2.75, 3.05) is 13.6 Å². The van der Waals surface area contributed by atoms with Crippen molar-refractivity contribution >= 4 is 22.6 Å². The molecule has 156 valence electrons. The fraction of sp³-hybridized carbons (Fsp3) is 0.375. The zero-order valence-corrected chi connectivity index (χ0v) is 17.5. The Kier molecular flexibility index (Phi) is 5.84. The van der Waals surface area contributed by atoms with Crippen molar-refractivity contribution in [3.8, 4) is 11.1 Å². The normalized spacial score (nSPS) is 18.9. The number of aromatic amines is 1. The second-order valence-electron chi connectivity index (χ2n) is 8.23. The summed E-state index contributed by atoms with van der Waals surface area (Å²) in [5.41, 5.74) is 3.91. The molecule has 0 aliphatic heterocycles. The number of aryl methyl sites for hydroxylation is 1. The predicted octanol–water partition coefficient (Wildman–Crippen LogP) is 3.82. The Labute approximate surface area is 176 Å². The Morgan fingerprint density at radius 3 is 2.50 bits per heavy atom. The van der Waals surface area contributed by atoms with Crippen molar-refractivity contribution in [3.63, 3.8) is 0 Å². The van der Waals surface area contributed by atoms with Gasteiger partial charge in [0.15, 0.2) is 0 Å². The van der Waals surface area contributed by atoms with Gasteiger partial charge in [0.25, 0.3) is 5.91 Å². The topological polar surface area (TPSA) is 86.9 Å². The van der Waals surface area contributed by atoms with Crippen molar-refractivity contribution in [2.24, 2.45) is 11.8 Å². The van der Waals surface area contributed by atoms with Crippen LogP contribution in [0.3, 0.4) is 0 Å². The van der Waals surface area contributed by atoms with E-state index in [-0.39, 0.29) is 17.7 Å². The maximum atomic E-state index is 12.7. The number of hydrogen-bond acceptors (Lipinski definition) is 3. The summed E-state index contributed by atoms with van der Waals surface area (Å²) in [7, 11) is 1.69. The summed E-state index contributed by atoms with van der Waals surface area (Å²) in [5, 5.41) is 15.0. The van der Waals surface area contributed by atoms with Gasteiger partial charge in [-0.25, -0.2) is 0 Å². The standard InChI is InChI=1S/C24H28N4O2/c1-15-22(14-27-28-15)20-9-7-19-12-21(10-8-18(19)11-20)24(30)26-13-16-3-5-17(6-4-16)23(29)25-2/h7-12,14,16-17H,3-6,13H2,1-2H3,(H,25,29)(H,26,30)(H,27,28). The molecule has 0 saturated heterocycles. The van der Waals surface area contributed by atoms with Gasteiger partial charge < -0.3 is 10.6 Å². The quantitative estimate of drug-likeness (QED) is 0.604. The van der Waals surface area contributed by atoms with E-state index in [2.05, 4.69) is 33.0 Å². The molecule has 0 radical (unpaired) electrons. The number of carbonyl (C=O) groups excluding carboxylic acids is 2. The number of amides is 2. The van der Waals surface area contributed by atoms with Crippen LogP contribution in [0.25, 0.3) is 21.9 Å². The number of benzene rings is 2. The molecule has 6 nitrogen and oxygen atoms in total. The molecule has 0 bridgehead atoms. The molecular formula is C24H28N4O2. The number of nitrogens with one attached hydrogen (secondary N) is 3. The summed E-state index contributed by atoms with van der Waals surface area (Å²) in [6.07, 6.45) is 5.59. The van der Waals surface area contributed by atoms with Crippen molar-refractivity contribution < 1.29 is 9.59 Å². The number of aromatic nitrogens is 2. The monoisotopic (exact) mass is 404 g/mol. The Bertz CT molecular complexity index is 1060. The summed E-state index contributed by atoms with van der Waals surface area (Å²) in [6, 6.07) is 12.1. The molecule has 4 rings (SSSR count). The van der Waals surface area contributed by atoms with Crippen LogP contribution in [-0.4, -0.2) is 35.6 Å². The van der Waals surface area contributed by atoms with Crippen molar-refractivity contribution in [3.05, 3.63) is 53.9 Å². The van der Waals surface area contributed by atoms with Crippen LogP contribution in [-0.2, 0) is 4.79 Å². The van der Waals surface area contributed by atoms with E-state index in [1.807, 2.05) is 37.4 Å². The Morgan fingerprint density at radius 1 is 1.07 bits per heavy atom. The lowest BCUT2D eigenvalue weighted by atomic mass is 9.81. The Hall–Kier alpha value is -3.15. The molecule has 1 saturated carbocycles. The van der Waals surface area contributed by atoms with Crippen LogP contribution in [0.15, 0.2) is 42.6 Å². The van der Waals surface area contributed by atoms with Crippen LogP contribution in [0.1, 0.15) is 41.7 Å². The SMILES string of the molecule is CNC(=O)C1CCC(CNC(=O)c2ccc3cc(-c4cn[nH]c4C)ccc3c2)CC1. The molecule has 30 heavy (non-hydrogen) atoms. The molecule has 1 aliphatic rings. The predicted molar refractivity (Wildman–Crippen MR) is 118 cm³/mol. The summed E-state index contributed by atoms with van der Waals surface area (Å²) in [6.45, 7) is 2.67. The number of rotatable bonds is 5. The van der Waals surface area contributed by atoms with E-state index in [4.69, 9.17) is 0 Å². The lowest BCUT2D eigenvalue weighted by Gasteiger charge is -2.27. The van der Waals surface area contributed by atoms with Gasteiger partial charge in [0.2, 0.25) is 5.91 Å². The van der Waals surface area contributed by atoms with E-state index >= 15 is 0 Å². The highest BCUT2D eigenvalue weighted by Crippen LogP contribution is 2.29. The minimum absolute atomic E-state index is 0.0416. The van der Waals surface area contributed by atoms with Crippen molar-refractivity contribution in [1.82, 2.24) is 20.8 Å². The third kappa shape index (κ3) is 4.22. The first-order valence-electron chi connectivity index (χ1n) is 10.6. The number of nitrogens with zero attached hydrogens (tertiary/aromatic N) is 1. The van der Waals surface area contributed by atoms with Crippen LogP contribution in [0.4, 0.5) is 0 Å². The van der Waals surface area contributed by atoms with Gasteiger partial charge in [-0.05, 0) is 73.1 Å². The van der Waals surface area contributed by atoms with E-state index < -0.39 is 0 Å². The molecule has 1 aromatic heterocycles. The first-order chi connectivity index (χ1) is 14.5. The van der Waals surface area contributed by atoms with E-state index in [0.717, 1.165) is 53.3 Å². The number of H-pyrrole nitrogens is 1. The van der Waals surface area contributed by atoms with E-state index in [0.29, 0.717) is 18.0 Å². The average molecular weight is 405 g/mol. The van der Waals surface area contributed by atoms with Crippen molar-refractivity contribution in [2.45, 2.75) is 32.6 Å². The van der Waals surface area contributed by atoms with Gasteiger partial charge in [0.05, 0.1) is 6.20 Å². The molecule has 1 heterocycles. The summed E-state index contributed by atoms with van der Waals surface area (Å²) in [5.74, 6) is 0.661. The third-order valence-corrected chi connectivity index (χ3v) is 6.26. The molecular weight excluding hydrogens is 376 g/mol. The van der Waals surface area contributed by atoms with Gasteiger partial charge in [0, 0.05) is 36.3 Å². The van der Waals surface area contributed by atoms with Gasteiger partial charge >= 0.3 is 0 Å². The first-order valence-corrected chi connectivity index (χ1v) is 10.6. The lowest BCUT2D eigenvalue weighted by molar-refractivity contribution is -0.125. The molecule has 1 fully saturated rings. The van der Waals surface area contributed by atoms with Gasteiger partial charge in [-0.2, -0.15) is 5.10 Å². The van der Waals surface area contributed by atoms with Gasteiger partial charge in [0.1, 0.15) is 0 Å². The first kappa shape index (κ1) is 20.1. The fourth-order valence-corrected chi connectivity index (χ4v) is 4.37. The van der Waals surface area contributed by atoms with Crippen LogP contribution < -0.4 is 10.6 Å². The molecule has 3 N–H and O–H groups in total. The highest BCUT2D eigenvalue weighted by Gasteiger charge is 2.25. The average Bonchev–Trinajstić information content (AvgIpc) is 3.22. The Morgan fingerprint density at radius 2 is 1.80 bits per heavy atom. The second-order valence-corrected chi connectivity index (χ2v) is 8.23.